The van der Waals surface area contributed by atoms with E-state index in [4.69, 9.17) is 5.73 Å². The summed E-state index contributed by atoms with van der Waals surface area (Å²) in [6.07, 6.45) is 5.26. The highest BCUT2D eigenvalue weighted by atomic mass is 15.1. The number of hydrogen-bond acceptors (Lipinski definition) is 2. The van der Waals surface area contributed by atoms with Gasteiger partial charge in [-0.3, -0.25) is 4.90 Å². The van der Waals surface area contributed by atoms with Crippen LogP contribution in [-0.4, -0.2) is 31.1 Å². The Balaban J connectivity index is 2.39. The molecule has 1 radical (unpaired) electrons. The Bertz CT molecular complexity index is 287. The number of nitrogens with zero attached hydrogens (tertiary/aromatic N) is 1. The maximum atomic E-state index is 5.56. The van der Waals surface area contributed by atoms with Crippen molar-refractivity contribution in [3.63, 3.8) is 0 Å². The molecule has 0 amide bonds. The Morgan fingerprint density at radius 3 is 2.56 bits per heavy atom. The van der Waals surface area contributed by atoms with Crippen LogP contribution in [0.5, 0.6) is 0 Å². The number of hydrogen-bond donors (Lipinski definition) is 1. The van der Waals surface area contributed by atoms with Crippen LogP contribution in [0.1, 0.15) is 12.0 Å². The standard InChI is InChI=1S/C14H21N2/c1-2-11-16(13-10-15)12-6-9-14-7-4-3-5-8-14/h3-9H,1-2,10-13,15H2. The molecule has 0 fully saturated rings. The molecule has 0 aliphatic rings. The summed E-state index contributed by atoms with van der Waals surface area (Å²) in [4.78, 5) is 2.31. The second-order valence-corrected chi connectivity index (χ2v) is 3.76. The van der Waals surface area contributed by atoms with Gasteiger partial charge in [0, 0.05) is 19.6 Å². The van der Waals surface area contributed by atoms with E-state index in [1.807, 2.05) is 18.2 Å². The maximum Gasteiger partial charge on any atom is 0.0167 e. The lowest BCUT2D eigenvalue weighted by molar-refractivity contribution is 0.317. The fourth-order valence-electron chi connectivity index (χ4n) is 1.60. The zero-order valence-electron chi connectivity index (χ0n) is 9.81. The molecule has 2 heteroatoms. The highest BCUT2D eigenvalue weighted by molar-refractivity contribution is 5.48. The summed E-state index contributed by atoms with van der Waals surface area (Å²) in [6.45, 7) is 7.47. The number of rotatable bonds is 7. The van der Waals surface area contributed by atoms with Gasteiger partial charge in [-0.1, -0.05) is 49.4 Å². The second kappa shape index (κ2) is 8.08. The third-order valence-electron chi connectivity index (χ3n) is 2.39. The van der Waals surface area contributed by atoms with Crippen LogP contribution in [-0.2, 0) is 0 Å². The molecule has 0 aliphatic carbocycles. The average molecular weight is 217 g/mol. The van der Waals surface area contributed by atoms with Crippen molar-refractivity contribution in [1.29, 1.82) is 0 Å². The summed E-state index contributed by atoms with van der Waals surface area (Å²) >= 11 is 0. The van der Waals surface area contributed by atoms with E-state index in [-0.39, 0.29) is 0 Å². The number of nitrogens with two attached hydrogens (primary N) is 1. The lowest BCUT2D eigenvalue weighted by Gasteiger charge is -2.18. The van der Waals surface area contributed by atoms with Crippen LogP contribution in [0.2, 0.25) is 0 Å². The molecule has 87 valence electrons. The third kappa shape index (κ3) is 5.10. The molecule has 0 spiro atoms. The quantitative estimate of drug-likeness (QED) is 0.758. The Kier molecular flexibility index (Phi) is 6.54. The monoisotopic (exact) mass is 217 g/mol. The van der Waals surface area contributed by atoms with Crippen LogP contribution >= 0.6 is 0 Å². The van der Waals surface area contributed by atoms with Gasteiger partial charge in [-0.05, 0) is 18.5 Å². The lowest BCUT2D eigenvalue weighted by Crippen LogP contribution is -2.30. The molecule has 0 unspecified atom stereocenters. The molecular formula is C14H21N2. The molecule has 0 saturated carbocycles. The van der Waals surface area contributed by atoms with Gasteiger partial charge in [0.1, 0.15) is 0 Å². The smallest absolute Gasteiger partial charge is 0.0167 e. The molecule has 2 N–H and O–H groups in total. The molecule has 1 rings (SSSR count). The maximum absolute atomic E-state index is 5.56. The van der Waals surface area contributed by atoms with Crippen molar-refractivity contribution in [3.05, 3.63) is 48.9 Å². The molecule has 0 atom stereocenters. The molecule has 0 saturated heterocycles. The first kappa shape index (κ1) is 12.9. The first-order valence-electron chi connectivity index (χ1n) is 5.80. The minimum atomic E-state index is 0.708. The van der Waals surface area contributed by atoms with Gasteiger partial charge in [0.25, 0.3) is 0 Å². The third-order valence-corrected chi connectivity index (χ3v) is 2.39. The lowest BCUT2D eigenvalue weighted by atomic mass is 10.2. The summed E-state index contributed by atoms with van der Waals surface area (Å²) in [5, 5.41) is 0. The van der Waals surface area contributed by atoms with Crippen molar-refractivity contribution in [3.8, 4) is 0 Å². The van der Waals surface area contributed by atoms with Crippen LogP contribution in [0.4, 0.5) is 0 Å². The fourth-order valence-corrected chi connectivity index (χ4v) is 1.60. The van der Waals surface area contributed by atoms with E-state index in [2.05, 4.69) is 36.1 Å². The predicted octanol–water partition coefficient (Wildman–Crippen LogP) is 2.18. The normalized spacial score (nSPS) is 11.4. The summed E-state index contributed by atoms with van der Waals surface area (Å²) in [5.74, 6) is 0. The van der Waals surface area contributed by atoms with E-state index in [1.165, 1.54) is 5.56 Å². The van der Waals surface area contributed by atoms with Gasteiger partial charge < -0.3 is 5.73 Å². The van der Waals surface area contributed by atoms with Crippen LogP contribution in [0.3, 0.4) is 0 Å². The van der Waals surface area contributed by atoms with E-state index in [9.17, 15) is 0 Å². The summed E-state index contributed by atoms with van der Waals surface area (Å²) in [5.41, 5.74) is 6.80. The topological polar surface area (TPSA) is 29.3 Å². The van der Waals surface area contributed by atoms with Crippen molar-refractivity contribution in [2.24, 2.45) is 5.73 Å². The van der Waals surface area contributed by atoms with Crippen molar-refractivity contribution in [2.75, 3.05) is 26.2 Å². The van der Waals surface area contributed by atoms with E-state index in [0.717, 1.165) is 26.1 Å². The highest BCUT2D eigenvalue weighted by Gasteiger charge is 1.98. The highest BCUT2D eigenvalue weighted by Crippen LogP contribution is 2.01. The Morgan fingerprint density at radius 1 is 1.19 bits per heavy atom. The van der Waals surface area contributed by atoms with Crippen LogP contribution < -0.4 is 5.73 Å². The largest absolute Gasteiger partial charge is 0.329 e. The van der Waals surface area contributed by atoms with Gasteiger partial charge in [-0.2, -0.15) is 0 Å². The van der Waals surface area contributed by atoms with Gasteiger partial charge in [0.15, 0.2) is 0 Å². The molecular weight excluding hydrogens is 196 g/mol. The van der Waals surface area contributed by atoms with E-state index in [1.54, 1.807) is 0 Å². The Labute approximate surface area is 98.8 Å². The van der Waals surface area contributed by atoms with Gasteiger partial charge in [0.2, 0.25) is 0 Å². The fraction of sp³-hybridized carbons (Fsp3) is 0.357. The minimum Gasteiger partial charge on any atom is -0.329 e. The van der Waals surface area contributed by atoms with Crippen molar-refractivity contribution in [2.45, 2.75) is 6.42 Å². The van der Waals surface area contributed by atoms with E-state index < -0.39 is 0 Å². The van der Waals surface area contributed by atoms with Gasteiger partial charge in [-0.25, -0.2) is 0 Å². The Morgan fingerprint density at radius 2 is 1.94 bits per heavy atom. The molecule has 2 nitrogen and oxygen atoms in total. The Hall–Kier alpha value is -1.12. The van der Waals surface area contributed by atoms with Crippen molar-refractivity contribution in [1.82, 2.24) is 4.90 Å². The second-order valence-electron chi connectivity index (χ2n) is 3.76. The van der Waals surface area contributed by atoms with E-state index in [0.29, 0.717) is 6.54 Å². The van der Waals surface area contributed by atoms with Crippen LogP contribution in [0.15, 0.2) is 36.4 Å². The van der Waals surface area contributed by atoms with Crippen LogP contribution in [0, 0.1) is 6.92 Å². The first-order chi connectivity index (χ1) is 7.86. The van der Waals surface area contributed by atoms with Crippen molar-refractivity contribution >= 4 is 6.08 Å². The van der Waals surface area contributed by atoms with Crippen molar-refractivity contribution < 1.29 is 0 Å². The zero-order chi connectivity index (χ0) is 11.6. The molecule has 1 aromatic rings. The molecule has 0 bridgehead atoms. The summed E-state index contributed by atoms with van der Waals surface area (Å²) in [6, 6.07) is 10.3. The minimum absolute atomic E-state index is 0.708. The summed E-state index contributed by atoms with van der Waals surface area (Å²) in [7, 11) is 0. The van der Waals surface area contributed by atoms with Gasteiger partial charge in [-0.15, -0.1) is 0 Å². The molecule has 1 aromatic carbocycles. The van der Waals surface area contributed by atoms with Gasteiger partial charge >= 0.3 is 0 Å². The molecule has 0 aliphatic heterocycles. The first-order valence-corrected chi connectivity index (χ1v) is 5.80. The van der Waals surface area contributed by atoms with Gasteiger partial charge in [0.05, 0.1) is 0 Å². The molecule has 0 heterocycles. The summed E-state index contributed by atoms with van der Waals surface area (Å²) < 4.78 is 0. The molecule has 16 heavy (non-hydrogen) atoms. The SMILES string of the molecule is [CH2]CCN(CC=Cc1ccccc1)CCN. The predicted molar refractivity (Wildman–Crippen MR) is 70.9 cm³/mol. The molecule has 0 aromatic heterocycles. The van der Waals surface area contributed by atoms with Crippen LogP contribution in [0.25, 0.3) is 6.08 Å². The average Bonchev–Trinajstić information content (AvgIpc) is 2.31. The van der Waals surface area contributed by atoms with E-state index >= 15 is 0 Å². The zero-order valence-corrected chi connectivity index (χ0v) is 9.81. The number of benzene rings is 1.